The summed E-state index contributed by atoms with van der Waals surface area (Å²) in [7, 11) is 0. The second-order valence-corrected chi connectivity index (χ2v) is 9.46. The van der Waals surface area contributed by atoms with Gasteiger partial charge in [-0.05, 0) is 58.4 Å². The van der Waals surface area contributed by atoms with E-state index in [-0.39, 0.29) is 30.5 Å². The SMILES string of the molecule is Cc1oc2ccc(OCc3ccccc3F)cc2c1C(=O)NC1CCN(C(=O)OC(C)(C)C)C1. The van der Waals surface area contributed by atoms with E-state index in [1.165, 1.54) is 6.07 Å². The largest absolute Gasteiger partial charge is 0.489 e. The molecular weight excluding hydrogens is 439 g/mol. The molecule has 1 aliphatic rings. The minimum Gasteiger partial charge on any atom is -0.489 e. The number of benzene rings is 2. The Morgan fingerprint density at radius 3 is 2.71 bits per heavy atom. The number of carbonyl (C=O) groups is 2. The lowest BCUT2D eigenvalue weighted by Crippen LogP contribution is -2.40. The first-order chi connectivity index (χ1) is 16.1. The van der Waals surface area contributed by atoms with E-state index in [0.717, 1.165) is 0 Å². The van der Waals surface area contributed by atoms with E-state index in [4.69, 9.17) is 13.9 Å². The van der Waals surface area contributed by atoms with Crippen LogP contribution in [0.15, 0.2) is 46.9 Å². The molecule has 0 radical (unpaired) electrons. The first-order valence-electron chi connectivity index (χ1n) is 11.3. The first kappa shape index (κ1) is 23.6. The molecule has 0 aliphatic carbocycles. The Hall–Kier alpha value is -3.55. The Balaban J connectivity index is 1.45. The third-order valence-electron chi connectivity index (χ3n) is 5.59. The number of halogens is 1. The lowest BCUT2D eigenvalue weighted by molar-refractivity contribution is 0.0290. The summed E-state index contributed by atoms with van der Waals surface area (Å²) in [5.41, 5.74) is 0.849. The van der Waals surface area contributed by atoms with E-state index in [1.54, 1.807) is 48.2 Å². The molecule has 7 nitrogen and oxygen atoms in total. The van der Waals surface area contributed by atoms with Crippen molar-refractivity contribution in [3.8, 4) is 5.75 Å². The molecule has 0 spiro atoms. The molecule has 3 aromatic rings. The number of fused-ring (bicyclic) bond motifs is 1. The molecule has 1 unspecified atom stereocenters. The number of ether oxygens (including phenoxy) is 2. The number of nitrogens with zero attached hydrogens (tertiary/aromatic N) is 1. The highest BCUT2D eigenvalue weighted by atomic mass is 19.1. The van der Waals surface area contributed by atoms with Crippen LogP contribution in [0, 0.1) is 12.7 Å². The van der Waals surface area contributed by atoms with Gasteiger partial charge in [-0.3, -0.25) is 4.79 Å². The van der Waals surface area contributed by atoms with Gasteiger partial charge >= 0.3 is 6.09 Å². The van der Waals surface area contributed by atoms with Crippen molar-refractivity contribution in [1.82, 2.24) is 10.2 Å². The number of nitrogens with one attached hydrogen (secondary N) is 1. The number of likely N-dealkylation sites (tertiary alicyclic amines) is 1. The summed E-state index contributed by atoms with van der Waals surface area (Å²) < 4.78 is 30.9. The number of furan rings is 1. The molecule has 1 aliphatic heterocycles. The summed E-state index contributed by atoms with van der Waals surface area (Å²) in [6, 6.07) is 11.4. The van der Waals surface area contributed by atoms with Crippen molar-refractivity contribution in [1.29, 1.82) is 0 Å². The van der Waals surface area contributed by atoms with Gasteiger partial charge in [0.05, 0.1) is 5.56 Å². The molecular formula is C26H29FN2O5. The maximum atomic E-state index is 13.9. The highest BCUT2D eigenvalue weighted by Gasteiger charge is 2.31. The lowest BCUT2D eigenvalue weighted by Gasteiger charge is -2.24. The monoisotopic (exact) mass is 468 g/mol. The Labute approximate surface area is 197 Å². The van der Waals surface area contributed by atoms with Crippen molar-refractivity contribution in [2.24, 2.45) is 0 Å². The van der Waals surface area contributed by atoms with Crippen LogP contribution in [0.1, 0.15) is 48.9 Å². The van der Waals surface area contributed by atoms with Gasteiger partial charge in [0.2, 0.25) is 0 Å². The molecule has 4 rings (SSSR count). The van der Waals surface area contributed by atoms with Crippen molar-refractivity contribution in [3.63, 3.8) is 0 Å². The zero-order chi connectivity index (χ0) is 24.5. The Morgan fingerprint density at radius 1 is 1.21 bits per heavy atom. The third-order valence-corrected chi connectivity index (χ3v) is 5.59. The van der Waals surface area contributed by atoms with Gasteiger partial charge in [-0.2, -0.15) is 0 Å². The minimum absolute atomic E-state index is 0.0686. The fourth-order valence-electron chi connectivity index (χ4n) is 3.98. The number of amides is 2. The van der Waals surface area contributed by atoms with Gasteiger partial charge in [-0.25, -0.2) is 9.18 Å². The average Bonchev–Trinajstić information content (AvgIpc) is 3.35. The van der Waals surface area contributed by atoms with E-state index in [9.17, 15) is 14.0 Å². The number of hydrogen-bond acceptors (Lipinski definition) is 5. The summed E-state index contributed by atoms with van der Waals surface area (Å²) >= 11 is 0. The van der Waals surface area contributed by atoms with Crippen LogP contribution in [0.3, 0.4) is 0 Å². The smallest absolute Gasteiger partial charge is 0.410 e. The van der Waals surface area contributed by atoms with Gasteiger partial charge in [-0.15, -0.1) is 0 Å². The predicted octanol–water partition coefficient (Wildman–Crippen LogP) is 5.20. The van der Waals surface area contributed by atoms with Crippen molar-refractivity contribution < 1.29 is 27.9 Å². The first-order valence-corrected chi connectivity index (χ1v) is 11.3. The van der Waals surface area contributed by atoms with Crippen LogP contribution in [0.25, 0.3) is 11.0 Å². The van der Waals surface area contributed by atoms with Gasteiger partial charge in [0, 0.05) is 30.1 Å². The molecule has 1 aromatic heterocycles. The zero-order valence-corrected chi connectivity index (χ0v) is 19.8. The Morgan fingerprint density at radius 2 is 1.97 bits per heavy atom. The van der Waals surface area contributed by atoms with Crippen LogP contribution in [0.5, 0.6) is 5.75 Å². The van der Waals surface area contributed by atoms with Crippen LogP contribution in [-0.4, -0.2) is 41.6 Å². The number of aryl methyl sites for hydroxylation is 1. The van der Waals surface area contributed by atoms with Crippen molar-refractivity contribution in [2.75, 3.05) is 13.1 Å². The summed E-state index contributed by atoms with van der Waals surface area (Å²) in [6.45, 7) is 8.16. The maximum Gasteiger partial charge on any atom is 0.410 e. The van der Waals surface area contributed by atoms with Crippen molar-refractivity contribution >= 4 is 23.0 Å². The molecule has 1 fully saturated rings. The lowest BCUT2D eigenvalue weighted by atomic mass is 10.1. The maximum absolute atomic E-state index is 13.9. The van der Waals surface area contributed by atoms with Crippen molar-refractivity contribution in [2.45, 2.75) is 52.4 Å². The van der Waals surface area contributed by atoms with E-state index < -0.39 is 5.60 Å². The number of rotatable bonds is 5. The second kappa shape index (κ2) is 9.37. The molecule has 1 atom stereocenters. The highest BCUT2D eigenvalue weighted by molar-refractivity contribution is 6.07. The molecule has 1 N–H and O–H groups in total. The average molecular weight is 469 g/mol. The van der Waals surface area contributed by atoms with Crippen LogP contribution < -0.4 is 10.1 Å². The molecule has 2 heterocycles. The summed E-state index contributed by atoms with van der Waals surface area (Å²) in [5, 5.41) is 3.62. The fourth-order valence-corrected chi connectivity index (χ4v) is 3.98. The van der Waals surface area contributed by atoms with Crippen molar-refractivity contribution in [3.05, 3.63) is 65.2 Å². The molecule has 8 heteroatoms. The molecule has 1 saturated heterocycles. The van der Waals surface area contributed by atoms with Gasteiger partial charge in [-0.1, -0.05) is 18.2 Å². The zero-order valence-electron chi connectivity index (χ0n) is 19.8. The van der Waals surface area contributed by atoms with Crippen LogP contribution in [-0.2, 0) is 11.3 Å². The predicted molar refractivity (Wildman–Crippen MR) is 125 cm³/mol. The van der Waals surface area contributed by atoms with Crippen LogP contribution in [0.2, 0.25) is 0 Å². The quantitative estimate of drug-likeness (QED) is 0.557. The van der Waals surface area contributed by atoms with Gasteiger partial charge < -0.3 is 24.1 Å². The standard InChI is InChI=1S/C26H29FN2O5/c1-16-23(24(30)28-18-11-12-29(14-18)25(31)34-26(2,3)4)20-13-19(9-10-22(20)33-16)32-15-17-7-5-6-8-21(17)27/h5-10,13,18H,11-12,14-15H2,1-4H3,(H,28,30). The third kappa shape index (κ3) is 5.32. The number of hydrogen-bond donors (Lipinski definition) is 1. The molecule has 34 heavy (non-hydrogen) atoms. The molecule has 0 bridgehead atoms. The molecule has 2 amide bonds. The number of carbonyl (C=O) groups excluding carboxylic acids is 2. The fraction of sp³-hybridized carbons (Fsp3) is 0.385. The van der Waals surface area contributed by atoms with E-state index in [2.05, 4.69) is 5.32 Å². The van der Waals surface area contributed by atoms with E-state index in [0.29, 0.717) is 53.1 Å². The van der Waals surface area contributed by atoms with E-state index >= 15 is 0 Å². The molecule has 180 valence electrons. The second-order valence-electron chi connectivity index (χ2n) is 9.46. The Bertz CT molecular complexity index is 1210. The van der Waals surface area contributed by atoms with Crippen LogP contribution >= 0.6 is 0 Å². The summed E-state index contributed by atoms with van der Waals surface area (Å²) in [6.07, 6.45) is 0.252. The summed E-state index contributed by atoms with van der Waals surface area (Å²) in [4.78, 5) is 27.1. The van der Waals surface area contributed by atoms with Gasteiger partial charge in [0.1, 0.15) is 35.1 Å². The molecule has 2 aromatic carbocycles. The van der Waals surface area contributed by atoms with Gasteiger partial charge in [0.15, 0.2) is 0 Å². The Kier molecular flexibility index (Phi) is 6.50. The normalized spacial score (nSPS) is 16.0. The minimum atomic E-state index is -0.572. The molecule has 0 saturated carbocycles. The summed E-state index contributed by atoms with van der Waals surface area (Å²) in [5.74, 6) is 0.377. The van der Waals surface area contributed by atoms with Crippen LogP contribution in [0.4, 0.5) is 9.18 Å². The van der Waals surface area contributed by atoms with Gasteiger partial charge in [0.25, 0.3) is 5.91 Å². The topological polar surface area (TPSA) is 81.0 Å². The van der Waals surface area contributed by atoms with E-state index in [1.807, 2.05) is 20.8 Å². The highest BCUT2D eigenvalue weighted by Crippen LogP contribution is 2.30.